The number of hydrogen-bond acceptors (Lipinski definition) is 7. The molecule has 1 aliphatic carbocycles. The van der Waals surface area contributed by atoms with Crippen molar-refractivity contribution < 1.29 is 14.3 Å². The number of hydrogen-bond donors (Lipinski definition) is 1. The molecule has 9 heteroatoms. The first kappa shape index (κ1) is 22.9. The lowest BCUT2D eigenvalue weighted by molar-refractivity contribution is -0.117. The molecule has 2 aromatic carbocycles. The molecule has 8 nitrogen and oxygen atoms in total. The van der Waals surface area contributed by atoms with Gasteiger partial charge in [0.25, 0.3) is 5.56 Å². The van der Waals surface area contributed by atoms with Crippen molar-refractivity contribution in [3.8, 4) is 0 Å². The molecule has 0 saturated heterocycles. The molecule has 0 radical (unpaired) electrons. The number of aromatic nitrogens is 3. The lowest BCUT2D eigenvalue weighted by Crippen LogP contribution is -2.20. The number of nitrogens with zero attached hydrogens (tertiary/aromatic N) is 3. The van der Waals surface area contributed by atoms with Gasteiger partial charge in [-0.25, -0.2) is 9.78 Å². The van der Waals surface area contributed by atoms with E-state index in [9.17, 15) is 14.4 Å². The Morgan fingerprint density at radius 2 is 1.89 bits per heavy atom. The van der Waals surface area contributed by atoms with E-state index in [1.54, 1.807) is 24.3 Å². The number of benzene rings is 2. The Kier molecular flexibility index (Phi) is 6.41. The zero-order chi connectivity index (χ0) is 24.4. The Labute approximate surface area is 205 Å². The number of anilines is 1. The molecule has 0 bridgehead atoms. The van der Waals surface area contributed by atoms with Crippen LogP contribution in [0, 0.1) is 0 Å². The summed E-state index contributed by atoms with van der Waals surface area (Å²) in [5.41, 5.74) is 1.98. The highest BCUT2D eigenvalue weighted by Crippen LogP contribution is 2.41. The second kappa shape index (κ2) is 9.79. The lowest BCUT2D eigenvalue weighted by atomic mass is 9.95. The van der Waals surface area contributed by atoms with Gasteiger partial charge in [0.15, 0.2) is 0 Å². The van der Waals surface area contributed by atoms with Crippen LogP contribution in [0.1, 0.15) is 64.6 Å². The number of carbonyl (C=O) groups is 2. The minimum atomic E-state index is -0.538. The van der Waals surface area contributed by atoms with Gasteiger partial charge >= 0.3 is 5.97 Å². The van der Waals surface area contributed by atoms with E-state index in [0.29, 0.717) is 34.2 Å². The van der Waals surface area contributed by atoms with Gasteiger partial charge in [0.05, 0.1) is 17.2 Å². The first-order valence-electron chi connectivity index (χ1n) is 11.5. The van der Waals surface area contributed by atoms with Crippen LogP contribution in [0.2, 0.25) is 0 Å². The van der Waals surface area contributed by atoms with Gasteiger partial charge in [-0.05, 0) is 49.1 Å². The summed E-state index contributed by atoms with van der Waals surface area (Å²) < 4.78 is 6.67. The van der Waals surface area contributed by atoms with Gasteiger partial charge in [-0.1, -0.05) is 48.6 Å². The van der Waals surface area contributed by atoms with Gasteiger partial charge in [-0.15, -0.1) is 0 Å². The maximum absolute atomic E-state index is 12.7. The average molecular weight is 489 g/mol. The molecule has 2 heterocycles. The number of rotatable bonds is 8. The Morgan fingerprint density at radius 3 is 2.57 bits per heavy atom. The molecular weight excluding hydrogens is 464 g/mol. The lowest BCUT2D eigenvalue weighted by Gasteiger charge is -2.15. The third-order valence-corrected chi connectivity index (χ3v) is 6.98. The van der Waals surface area contributed by atoms with E-state index in [0.717, 1.165) is 23.4 Å². The van der Waals surface area contributed by atoms with Crippen LogP contribution in [0.3, 0.4) is 0 Å². The molecule has 0 aliphatic heterocycles. The Hall–Kier alpha value is -3.85. The van der Waals surface area contributed by atoms with E-state index in [1.165, 1.54) is 21.9 Å². The van der Waals surface area contributed by atoms with Gasteiger partial charge in [0, 0.05) is 17.7 Å². The maximum atomic E-state index is 12.7. The molecule has 4 aromatic rings. The van der Waals surface area contributed by atoms with E-state index >= 15 is 0 Å². The number of ether oxygens (including phenoxy) is 1. The van der Waals surface area contributed by atoms with E-state index in [4.69, 9.17) is 4.74 Å². The Morgan fingerprint density at radius 1 is 1.14 bits per heavy atom. The van der Waals surface area contributed by atoms with Crippen molar-refractivity contribution in [2.45, 2.75) is 44.6 Å². The van der Waals surface area contributed by atoms with Gasteiger partial charge in [0.1, 0.15) is 11.6 Å². The monoisotopic (exact) mass is 488 g/mol. The number of esters is 1. The minimum Gasteiger partial charge on any atom is -0.456 e. The van der Waals surface area contributed by atoms with Gasteiger partial charge in [0.2, 0.25) is 10.9 Å². The number of fused-ring (bicyclic) bond motifs is 1. The number of amides is 1. The average Bonchev–Trinajstić information content (AvgIpc) is 3.63. The van der Waals surface area contributed by atoms with Crippen molar-refractivity contribution in [1.29, 1.82) is 0 Å². The van der Waals surface area contributed by atoms with Crippen LogP contribution in [0.4, 0.5) is 5.69 Å². The Balaban J connectivity index is 1.20. The first-order chi connectivity index (χ1) is 17.0. The van der Waals surface area contributed by atoms with E-state index < -0.39 is 5.97 Å². The predicted octanol–water partition coefficient (Wildman–Crippen LogP) is 4.52. The quantitative estimate of drug-likeness (QED) is 0.366. The maximum Gasteiger partial charge on any atom is 0.338 e. The number of carbonyl (C=O) groups excluding carboxylic acids is 2. The topological polar surface area (TPSA) is 103 Å². The third-order valence-electron chi connectivity index (χ3n) is 5.91. The van der Waals surface area contributed by atoms with Crippen molar-refractivity contribution in [2.24, 2.45) is 0 Å². The molecule has 0 unspecified atom stereocenters. The van der Waals surface area contributed by atoms with Crippen LogP contribution < -0.4 is 10.9 Å². The van der Waals surface area contributed by atoms with E-state index in [-0.39, 0.29) is 24.0 Å². The first-order valence-corrected chi connectivity index (χ1v) is 12.4. The van der Waals surface area contributed by atoms with Gasteiger partial charge in [-0.3, -0.25) is 9.59 Å². The van der Waals surface area contributed by atoms with Crippen molar-refractivity contribution >= 4 is 33.9 Å². The molecule has 0 spiro atoms. The molecule has 1 aliphatic rings. The highest BCUT2D eigenvalue weighted by molar-refractivity contribution is 7.16. The third kappa shape index (κ3) is 5.14. The van der Waals surface area contributed by atoms with E-state index in [1.807, 2.05) is 37.3 Å². The summed E-state index contributed by atoms with van der Waals surface area (Å²) >= 11 is 1.40. The molecule has 178 valence electrons. The zero-order valence-corrected chi connectivity index (χ0v) is 20.0. The van der Waals surface area contributed by atoms with Crippen LogP contribution in [-0.2, 0) is 16.1 Å². The minimum absolute atomic E-state index is 0.102. The largest absolute Gasteiger partial charge is 0.456 e. The molecule has 5 rings (SSSR count). The smallest absolute Gasteiger partial charge is 0.338 e. The molecule has 1 N–H and O–H groups in total. The molecular formula is C26H24N4O4S. The van der Waals surface area contributed by atoms with Crippen molar-refractivity contribution in [1.82, 2.24) is 14.6 Å². The standard InChI is InChI=1S/C26H24N4O4S/c1-2-21(16-6-4-3-5-7-16)23(32)27-19-12-10-18(11-13-19)25(33)34-15-20-14-22(31)30-26(28-20)35-24(29-30)17-8-9-17/h3-7,10-14,17,21H,2,8-9,15H2,1H3,(H,27,32)/t21-/m0/s1. The normalized spacial score (nSPS) is 14.0. The summed E-state index contributed by atoms with van der Waals surface area (Å²) in [6, 6.07) is 17.5. The number of nitrogens with one attached hydrogen (secondary N) is 1. The highest BCUT2D eigenvalue weighted by Gasteiger charge is 2.28. The molecule has 35 heavy (non-hydrogen) atoms. The van der Waals surface area contributed by atoms with Crippen LogP contribution in [0.15, 0.2) is 65.5 Å². The Bertz CT molecular complexity index is 1430. The molecule has 1 fully saturated rings. The molecule has 1 amide bonds. The molecule has 2 aromatic heterocycles. The molecule has 1 atom stereocenters. The van der Waals surface area contributed by atoms with Crippen LogP contribution >= 0.6 is 11.3 Å². The summed E-state index contributed by atoms with van der Waals surface area (Å²) in [5, 5.41) is 8.17. The predicted molar refractivity (Wildman–Crippen MR) is 133 cm³/mol. The van der Waals surface area contributed by atoms with Crippen molar-refractivity contribution in [3.63, 3.8) is 0 Å². The summed E-state index contributed by atoms with van der Waals surface area (Å²) in [6.45, 7) is 1.85. The second-order valence-corrected chi connectivity index (χ2v) is 9.50. The summed E-state index contributed by atoms with van der Waals surface area (Å²) in [7, 11) is 0. The fourth-order valence-corrected chi connectivity index (χ4v) is 4.93. The van der Waals surface area contributed by atoms with Crippen molar-refractivity contribution in [3.05, 3.63) is 92.8 Å². The summed E-state index contributed by atoms with van der Waals surface area (Å²) in [6.07, 6.45) is 2.86. The fourth-order valence-electron chi connectivity index (χ4n) is 3.84. The fraction of sp³-hybridized carbons (Fsp3) is 0.269. The van der Waals surface area contributed by atoms with Crippen LogP contribution in [-0.4, -0.2) is 26.5 Å². The van der Waals surface area contributed by atoms with Crippen LogP contribution in [0.25, 0.3) is 4.96 Å². The van der Waals surface area contributed by atoms with Gasteiger partial charge in [-0.2, -0.15) is 9.61 Å². The molecule has 1 saturated carbocycles. The summed E-state index contributed by atoms with van der Waals surface area (Å²) in [4.78, 5) is 42.5. The SMILES string of the molecule is CC[C@H](C(=O)Nc1ccc(C(=O)OCc2cc(=O)n3nc(C4CC4)sc3n2)cc1)c1ccccc1. The van der Waals surface area contributed by atoms with E-state index in [2.05, 4.69) is 15.4 Å². The summed E-state index contributed by atoms with van der Waals surface area (Å²) in [5.74, 6) is -0.465. The second-order valence-electron chi connectivity index (χ2n) is 8.51. The van der Waals surface area contributed by atoms with Crippen molar-refractivity contribution in [2.75, 3.05) is 5.32 Å². The zero-order valence-electron chi connectivity index (χ0n) is 19.1. The highest BCUT2D eigenvalue weighted by atomic mass is 32.1. The van der Waals surface area contributed by atoms with Crippen LogP contribution in [0.5, 0.6) is 0 Å². The van der Waals surface area contributed by atoms with Gasteiger partial charge < -0.3 is 10.1 Å².